The van der Waals surface area contributed by atoms with E-state index < -0.39 is 6.10 Å². The molecule has 0 saturated heterocycles. The monoisotopic (exact) mass is 388 g/mol. The van der Waals surface area contributed by atoms with E-state index in [1.165, 1.54) is 0 Å². The van der Waals surface area contributed by atoms with Gasteiger partial charge in [-0.3, -0.25) is 0 Å². The van der Waals surface area contributed by atoms with Crippen LogP contribution in [0.4, 0.5) is 0 Å². The van der Waals surface area contributed by atoms with Crippen LogP contribution in [0.25, 0.3) is 0 Å². The van der Waals surface area contributed by atoms with Crippen LogP contribution in [0.5, 0.6) is 0 Å². The summed E-state index contributed by atoms with van der Waals surface area (Å²) in [5.41, 5.74) is 1.87. The Kier molecular flexibility index (Phi) is 4.84. The van der Waals surface area contributed by atoms with Gasteiger partial charge in [-0.15, -0.1) is 0 Å². The molecule has 0 radical (unpaired) electrons. The van der Waals surface area contributed by atoms with Gasteiger partial charge in [0.2, 0.25) is 0 Å². The third kappa shape index (κ3) is 3.35. The first-order chi connectivity index (χ1) is 8.58. The van der Waals surface area contributed by atoms with E-state index in [-0.39, 0.29) is 0 Å². The van der Waals surface area contributed by atoms with E-state index in [1.54, 1.807) is 12.1 Å². The van der Waals surface area contributed by atoms with Gasteiger partial charge in [0.15, 0.2) is 0 Å². The molecule has 94 valence electrons. The molecular formula is C14H11Br2ClO. The van der Waals surface area contributed by atoms with Crippen molar-refractivity contribution >= 4 is 43.5 Å². The van der Waals surface area contributed by atoms with E-state index in [9.17, 15) is 5.11 Å². The van der Waals surface area contributed by atoms with Crippen LogP contribution in [-0.4, -0.2) is 5.11 Å². The fourth-order valence-corrected chi connectivity index (χ4v) is 2.89. The molecule has 0 aliphatic carbocycles. The molecular weight excluding hydrogens is 379 g/mol. The Morgan fingerprint density at radius 3 is 2.50 bits per heavy atom. The van der Waals surface area contributed by atoms with Crippen LogP contribution >= 0.6 is 43.5 Å². The highest BCUT2D eigenvalue weighted by molar-refractivity contribution is 9.10. The van der Waals surface area contributed by atoms with Gasteiger partial charge in [0.1, 0.15) is 0 Å². The van der Waals surface area contributed by atoms with Crippen LogP contribution in [0.2, 0.25) is 5.02 Å². The highest BCUT2D eigenvalue weighted by atomic mass is 79.9. The van der Waals surface area contributed by atoms with Gasteiger partial charge in [-0.05, 0) is 35.4 Å². The molecule has 1 N–H and O–H groups in total. The van der Waals surface area contributed by atoms with Crippen LogP contribution in [0.15, 0.2) is 51.4 Å². The Labute approximate surface area is 128 Å². The molecule has 0 saturated carbocycles. The molecule has 0 spiro atoms. The SMILES string of the molecule is OC(Cc1ccccc1Br)c1cc(Cl)ccc1Br. The second-order valence-corrected chi connectivity index (χ2v) is 6.12. The molecule has 0 amide bonds. The lowest BCUT2D eigenvalue weighted by Crippen LogP contribution is -2.03. The zero-order valence-corrected chi connectivity index (χ0v) is 13.3. The summed E-state index contributed by atoms with van der Waals surface area (Å²) in [6.45, 7) is 0. The predicted molar refractivity (Wildman–Crippen MR) is 82.0 cm³/mol. The molecule has 0 aromatic heterocycles. The number of hydrogen-bond acceptors (Lipinski definition) is 1. The number of rotatable bonds is 3. The molecule has 0 aliphatic heterocycles. The second kappa shape index (κ2) is 6.20. The summed E-state index contributed by atoms with van der Waals surface area (Å²) in [5.74, 6) is 0. The van der Waals surface area contributed by atoms with Gasteiger partial charge in [0.05, 0.1) is 6.10 Å². The summed E-state index contributed by atoms with van der Waals surface area (Å²) in [6.07, 6.45) is -0.0443. The van der Waals surface area contributed by atoms with Gasteiger partial charge in [-0.1, -0.05) is 61.7 Å². The van der Waals surface area contributed by atoms with Crippen LogP contribution < -0.4 is 0 Å². The summed E-state index contributed by atoms with van der Waals surface area (Å²) < 4.78 is 1.87. The molecule has 2 aromatic rings. The van der Waals surface area contributed by atoms with Crippen molar-refractivity contribution < 1.29 is 5.11 Å². The average molecular weight is 391 g/mol. The van der Waals surface area contributed by atoms with Crippen molar-refractivity contribution in [2.45, 2.75) is 12.5 Å². The zero-order chi connectivity index (χ0) is 13.1. The maximum absolute atomic E-state index is 10.3. The van der Waals surface area contributed by atoms with Gasteiger partial charge in [0.25, 0.3) is 0 Å². The van der Waals surface area contributed by atoms with Crippen molar-refractivity contribution in [1.82, 2.24) is 0 Å². The summed E-state index contributed by atoms with van der Waals surface area (Å²) >= 11 is 12.9. The molecule has 0 aliphatic rings. The molecule has 4 heteroatoms. The summed E-state index contributed by atoms with van der Waals surface area (Å²) in [5, 5.41) is 10.9. The Morgan fingerprint density at radius 2 is 1.78 bits per heavy atom. The van der Waals surface area contributed by atoms with Crippen molar-refractivity contribution in [1.29, 1.82) is 0 Å². The lowest BCUT2D eigenvalue weighted by Gasteiger charge is -2.14. The van der Waals surface area contributed by atoms with Gasteiger partial charge in [-0.2, -0.15) is 0 Å². The Balaban J connectivity index is 2.25. The molecule has 1 atom stereocenters. The van der Waals surface area contributed by atoms with E-state index in [0.29, 0.717) is 11.4 Å². The molecule has 2 aromatic carbocycles. The lowest BCUT2D eigenvalue weighted by atomic mass is 10.0. The van der Waals surface area contributed by atoms with E-state index >= 15 is 0 Å². The highest BCUT2D eigenvalue weighted by Gasteiger charge is 2.13. The first-order valence-corrected chi connectivity index (χ1v) is 7.40. The van der Waals surface area contributed by atoms with Crippen molar-refractivity contribution in [2.24, 2.45) is 0 Å². The number of aliphatic hydroxyl groups excluding tert-OH is 1. The fraction of sp³-hybridized carbons (Fsp3) is 0.143. The summed E-state index contributed by atoms with van der Waals surface area (Å²) in [7, 11) is 0. The minimum Gasteiger partial charge on any atom is -0.388 e. The van der Waals surface area contributed by atoms with Gasteiger partial charge < -0.3 is 5.11 Å². The molecule has 0 bridgehead atoms. The van der Waals surface area contributed by atoms with Crippen LogP contribution in [0.1, 0.15) is 17.2 Å². The smallest absolute Gasteiger partial charge is 0.0842 e. The molecule has 2 rings (SSSR count). The summed E-state index contributed by atoms with van der Waals surface area (Å²) in [6, 6.07) is 13.3. The fourth-order valence-electron chi connectivity index (χ4n) is 1.75. The topological polar surface area (TPSA) is 20.2 Å². The zero-order valence-electron chi connectivity index (χ0n) is 9.41. The van der Waals surface area contributed by atoms with Crippen LogP contribution in [-0.2, 0) is 6.42 Å². The third-order valence-electron chi connectivity index (χ3n) is 2.69. The second-order valence-electron chi connectivity index (χ2n) is 3.98. The Bertz CT molecular complexity index is 557. The molecule has 18 heavy (non-hydrogen) atoms. The molecule has 1 unspecified atom stereocenters. The third-order valence-corrected chi connectivity index (χ3v) is 4.42. The van der Waals surface area contributed by atoms with Gasteiger partial charge in [0, 0.05) is 20.4 Å². The average Bonchev–Trinajstić information content (AvgIpc) is 2.35. The number of hydrogen-bond donors (Lipinski definition) is 1. The van der Waals surface area contributed by atoms with E-state index in [4.69, 9.17) is 11.6 Å². The van der Waals surface area contributed by atoms with Crippen molar-refractivity contribution in [3.8, 4) is 0 Å². The number of aliphatic hydroxyl groups is 1. The van der Waals surface area contributed by atoms with Crippen molar-refractivity contribution in [3.05, 3.63) is 67.6 Å². The van der Waals surface area contributed by atoms with E-state index in [1.807, 2.05) is 30.3 Å². The maximum Gasteiger partial charge on any atom is 0.0842 e. The number of benzene rings is 2. The van der Waals surface area contributed by atoms with Crippen LogP contribution in [0, 0.1) is 0 Å². The quantitative estimate of drug-likeness (QED) is 0.769. The predicted octanol–water partition coefficient (Wildman–Crippen LogP) is 5.14. The summed E-state index contributed by atoms with van der Waals surface area (Å²) in [4.78, 5) is 0. The van der Waals surface area contributed by atoms with Crippen molar-refractivity contribution in [3.63, 3.8) is 0 Å². The molecule has 1 nitrogen and oxygen atoms in total. The largest absolute Gasteiger partial charge is 0.388 e. The first-order valence-electron chi connectivity index (χ1n) is 5.44. The minimum absolute atomic E-state index is 0.542. The standard InChI is InChI=1S/C14H11Br2ClO/c15-12-4-2-1-3-9(12)7-14(18)11-8-10(17)5-6-13(11)16/h1-6,8,14,18H,7H2. The van der Waals surface area contributed by atoms with Crippen LogP contribution in [0.3, 0.4) is 0 Å². The normalized spacial score (nSPS) is 12.4. The van der Waals surface area contributed by atoms with Gasteiger partial charge >= 0.3 is 0 Å². The molecule has 0 fully saturated rings. The van der Waals surface area contributed by atoms with E-state index in [0.717, 1.165) is 20.1 Å². The number of halogens is 3. The minimum atomic E-state index is -0.586. The van der Waals surface area contributed by atoms with E-state index in [2.05, 4.69) is 31.9 Å². The maximum atomic E-state index is 10.3. The lowest BCUT2D eigenvalue weighted by molar-refractivity contribution is 0.177. The Morgan fingerprint density at radius 1 is 1.06 bits per heavy atom. The van der Waals surface area contributed by atoms with Crippen molar-refractivity contribution in [2.75, 3.05) is 0 Å². The Hall–Kier alpha value is -0.350. The first kappa shape index (κ1) is 14.1. The van der Waals surface area contributed by atoms with Gasteiger partial charge in [-0.25, -0.2) is 0 Å². The highest BCUT2D eigenvalue weighted by Crippen LogP contribution is 2.30. The molecule has 0 heterocycles.